The van der Waals surface area contributed by atoms with E-state index in [2.05, 4.69) is 21.4 Å². The van der Waals surface area contributed by atoms with Crippen molar-refractivity contribution in [1.29, 1.82) is 0 Å². The highest BCUT2D eigenvalue weighted by Crippen LogP contribution is 2.00. The summed E-state index contributed by atoms with van der Waals surface area (Å²) >= 11 is 0. The van der Waals surface area contributed by atoms with Crippen molar-refractivity contribution in [3.05, 3.63) is 17.8 Å². The van der Waals surface area contributed by atoms with Crippen molar-refractivity contribution in [3.63, 3.8) is 0 Å². The van der Waals surface area contributed by atoms with Crippen molar-refractivity contribution >= 4 is 5.82 Å². The van der Waals surface area contributed by atoms with Gasteiger partial charge in [0.2, 0.25) is 0 Å². The fourth-order valence-corrected chi connectivity index (χ4v) is 0.900. The minimum Gasteiger partial charge on any atom is -0.369 e. The molecule has 0 radical (unpaired) electrons. The fraction of sp³-hybridized carbons (Fsp3) is 0.400. The Kier molecular flexibility index (Phi) is 3.77. The molecule has 0 unspecified atom stereocenters. The summed E-state index contributed by atoms with van der Waals surface area (Å²) in [5, 5.41) is 11.0. The van der Waals surface area contributed by atoms with Gasteiger partial charge in [-0.05, 0) is 25.5 Å². The smallest absolute Gasteiger partial charge is 0.148 e. The largest absolute Gasteiger partial charge is 0.369 e. The second-order valence-electron chi connectivity index (χ2n) is 2.79. The molecule has 0 saturated heterocycles. The van der Waals surface area contributed by atoms with Gasteiger partial charge in [0.05, 0.1) is 5.69 Å². The number of aromatic nitrogens is 2. The summed E-state index contributed by atoms with van der Waals surface area (Å²) in [5.74, 6) is 3.40. The molecule has 3 nitrogen and oxygen atoms in total. The zero-order chi connectivity index (χ0) is 9.52. The number of unbranched alkanes of at least 4 members (excludes halogenated alkanes) is 1. The van der Waals surface area contributed by atoms with Gasteiger partial charge in [0.15, 0.2) is 0 Å². The molecule has 0 aliphatic heterocycles. The summed E-state index contributed by atoms with van der Waals surface area (Å²) in [7, 11) is 0. The van der Waals surface area contributed by atoms with Crippen molar-refractivity contribution in [2.75, 3.05) is 11.9 Å². The van der Waals surface area contributed by atoms with E-state index in [4.69, 9.17) is 6.42 Å². The van der Waals surface area contributed by atoms with Crippen molar-refractivity contribution < 1.29 is 0 Å². The molecule has 68 valence electrons. The van der Waals surface area contributed by atoms with Crippen molar-refractivity contribution in [2.24, 2.45) is 0 Å². The van der Waals surface area contributed by atoms with E-state index in [1.807, 2.05) is 19.1 Å². The van der Waals surface area contributed by atoms with Crippen LogP contribution in [0.5, 0.6) is 0 Å². The minimum atomic E-state index is 0.798. The highest BCUT2D eigenvalue weighted by molar-refractivity contribution is 5.32. The van der Waals surface area contributed by atoms with Crippen LogP contribution < -0.4 is 5.32 Å². The molecule has 1 aromatic heterocycles. The maximum Gasteiger partial charge on any atom is 0.148 e. The van der Waals surface area contributed by atoms with Crippen LogP contribution in [0.25, 0.3) is 0 Å². The van der Waals surface area contributed by atoms with E-state index in [0.717, 1.165) is 30.9 Å². The standard InChI is InChI=1S/C10H13N3/c1-3-4-5-8-11-10-7-6-9(2)12-13-10/h1,6-7H,4-5,8H2,2H3,(H,11,13). The van der Waals surface area contributed by atoms with E-state index in [1.54, 1.807) is 0 Å². The number of nitrogens with zero attached hydrogens (tertiary/aromatic N) is 2. The van der Waals surface area contributed by atoms with Crippen molar-refractivity contribution in [2.45, 2.75) is 19.8 Å². The Bertz CT molecular complexity index is 284. The Balaban J connectivity index is 2.30. The maximum atomic E-state index is 5.12. The molecule has 0 aromatic carbocycles. The highest BCUT2D eigenvalue weighted by Gasteiger charge is 1.92. The lowest BCUT2D eigenvalue weighted by molar-refractivity contribution is 0.886. The van der Waals surface area contributed by atoms with Crippen LogP contribution in [0, 0.1) is 19.3 Å². The molecule has 0 aliphatic rings. The van der Waals surface area contributed by atoms with Crippen LogP contribution in [-0.4, -0.2) is 16.7 Å². The Morgan fingerprint density at radius 1 is 1.46 bits per heavy atom. The SMILES string of the molecule is C#CCCCNc1ccc(C)nn1. The average molecular weight is 175 g/mol. The molecule has 1 heterocycles. The molecule has 1 rings (SSSR count). The number of anilines is 1. The summed E-state index contributed by atoms with van der Waals surface area (Å²) in [4.78, 5) is 0. The first-order valence-electron chi connectivity index (χ1n) is 4.30. The summed E-state index contributed by atoms with van der Waals surface area (Å²) in [6.45, 7) is 2.76. The topological polar surface area (TPSA) is 37.8 Å². The molecular formula is C10H13N3. The quantitative estimate of drug-likeness (QED) is 0.558. The van der Waals surface area contributed by atoms with Gasteiger partial charge in [-0.3, -0.25) is 0 Å². The van der Waals surface area contributed by atoms with Gasteiger partial charge in [0.25, 0.3) is 0 Å². The Labute approximate surface area is 78.6 Å². The number of hydrogen-bond acceptors (Lipinski definition) is 3. The molecule has 1 N–H and O–H groups in total. The van der Waals surface area contributed by atoms with Crippen LogP contribution in [0.15, 0.2) is 12.1 Å². The fourth-order valence-electron chi connectivity index (χ4n) is 0.900. The lowest BCUT2D eigenvalue weighted by Gasteiger charge is -2.02. The van der Waals surface area contributed by atoms with E-state index in [1.165, 1.54) is 0 Å². The van der Waals surface area contributed by atoms with Gasteiger partial charge in [-0.2, -0.15) is 5.10 Å². The Morgan fingerprint density at radius 3 is 2.92 bits per heavy atom. The van der Waals surface area contributed by atoms with Crippen LogP contribution in [-0.2, 0) is 0 Å². The molecule has 0 bridgehead atoms. The monoisotopic (exact) mass is 175 g/mol. The second-order valence-corrected chi connectivity index (χ2v) is 2.79. The van der Waals surface area contributed by atoms with E-state index >= 15 is 0 Å². The second kappa shape index (κ2) is 5.15. The molecule has 0 fully saturated rings. The predicted octanol–water partition coefficient (Wildman–Crippen LogP) is 1.61. The molecule has 0 saturated carbocycles. The number of terminal acetylenes is 1. The molecule has 1 aromatic rings. The Morgan fingerprint density at radius 2 is 2.31 bits per heavy atom. The average Bonchev–Trinajstić information content (AvgIpc) is 2.15. The predicted molar refractivity (Wildman–Crippen MR) is 53.3 cm³/mol. The first-order chi connectivity index (χ1) is 6.33. The van der Waals surface area contributed by atoms with E-state index in [9.17, 15) is 0 Å². The first kappa shape index (κ1) is 9.53. The summed E-state index contributed by atoms with van der Waals surface area (Å²) in [6, 6.07) is 3.84. The molecule has 0 atom stereocenters. The van der Waals surface area contributed by atoms with Crippen molar-refractivity contribution in [1.82, 2.24) is 10.2 Å². The van der Waals surface area contributed by atoms with Gasteiger partial charge >= 0.3 is 0 Å². The maximum absolute atomic E-state index is 5.12. The summed E-state index contributed by atoms with van der Waals surface area (Å²) < 4.78 is 0. The van der Waals surface area contributed by atoms with Gasteiger partial charge in [-0.25, -0.2) is 0 Å². The normalized spacial score (nSPS) is 9.23. The molecule has 0 aliphatic carbocycles. The van der Waals surface area contributed by atoms with Crippen LogP contribution >= 0.6 is 0 Å². The third-order valence-electron chi connectivity index (χ3n) is 1.60. The van der Waals surface area contributed by atoms with E-state index < -0.39 is 0 Å². The lowest BCUT2D eigenvalue weighted by atomic mass is 10.3. The van der Waals surface area contributed by atoms with Gasteiger partial charge in [-0.1, -0.05) is 0 Å². The molecule has 0 amide bonds. The van der Waals surface area contributed by atoms with Crippen LogP contribution in [0.3, 0.4) is 0 Å². The summed E-state index contributed by atoms with van der Waals surface area (Å²) in [6.07, 6.45) is 6.88. The van der Waals surface area contributed by atoms with Crippen LogP contribution in [0.1, 0.15) is 18.5 Å². The van der Waals surface area contributed by atoms with Crippen LogP contribution in [0.4, 0.5) is 5.82 Å². The lowest BCUT2D eigenvalue weighted by Crippen LogP contribution is -2.03. The van der Waals surface area contributed by atoms with Gasteiger partial charge in [-0.15, -0.1) is 17.4 Å². The first-order valence-corrected chi connectivity index (χ1v) is 4.30. The third-order valence-corrected chi connectivity index (χ3v) is 1.60. The molecular weight excluding hydrogens is 162 g/mol. The molecule has 13 heavy (non-hydrogen) atoms. The molecule has 3 heteroatoms. The van der Waals surface area contributed by atoms with Crippen molar-refractivity contribution in [3.8, 4) is 12.3 Å². The van der Waals surface area contributed by atoms with Gasteiger partial charge in [0.1, 0.15) is 5.82 Å². The van der Waals surface area contributed by atoms with Gasteiger partial charge in [0, 0.05) is 13.0 Å². The van der Waals surface area contributed by atoms with Crippen LogP contribution in [0.2, 0.25) is 0 Å². The van der Waals surface area contributed by atoms with E-state index in [-0.39, 0.29) is 0 Å². The third kappa shape index (κ3) is 3.57. The number of nitrogens with one attached hydrogen (secondary N) is 1. The van der Waals surface area contributed by atoms with E-state index in [0.29, 0.717) is 0 Å². The molecule has 0 spiro atoms. The zero-order valence-electron chi connectivity index (χ0n) is 7.75. The number of aryl methyl sites for hydroxylation is 1. The Hall–Kier alpha value is -1.56. The number of hydrogen-bond donors (Lipinski definition) is 1. The summed E-state index contributed by atoms with van der Waals surface area (Å²) in [5.41, 5.74) is 0.925. The highest BCUT2D eigenvalue weighted by atomic mass is 15.2. The van der Waals surface area contributed by atoms with Gasteiger partial charge < -0.3 is 5.32 Å². The zero-order valence-corrected chi connectivity index (χ0v) is 7.75. The minimum absolute atomic E-state index is 0.798. The number of rotatable bonds is 4.